The topological polar surface area (TPSA) is 63.7 Å². The third-order valence-corrected chi connectivity index (χ3v) is 6.41. The number of benzene rings is 1. The zero-order chi connectivity index (χ0) is 19.0. The van der Waals surface area contributed by atoms with E-state index in [1.807, 2.05) is 48.7 Å². The van der Waals surface area contributed by atoms with Crippen LogP contribution in [0.15, 0.2) is 54.7 Å². The quantitative estimate of drug-likeness (QED) is 0.834. The summed E-state index contributed by atoms with van der Waals surface area (Å²) >= 11 is 0. The second-order valence-electron chi connectivity index (χ2n) is 8.00. The number of aromatic nitrogens is 1. The van der Waals surface area contributed by atoms with Gasteiger partial charge in [0.2, 0.25) is 0 Å². The Morgan fingerprint density at radius 1 is 1.25 bits per heavy atom. The molecular weight excluding hydrogens is 354 g/mol. The van der Waals surface area contributed by atoms with Crippen LogP contribution in [0.4, 0.5) is 5.82 Å². The molecule has 3 aliphatic rings. The molecule has 4 atom stereocenters. The number of carbonyl (C=O) groups is 1. The Balaban J connectivity index is 1.19. The van der Waals surface area contributed by atoms with Gasteiger partial charge in [0.1, 0.15) is 11.6 Å². The largest absolute Gasteiger partial charge is 0.484 e. The van der Waals surface area contributed by atoms with Gasteiger partial charge in [-0.1, -0.05) is 24.3 Å². The average molecular weight is 379 g/mol. The lowest BCUT2D eigenvalue weighted by Crippen LogP contribution is -2.42. The van der Waals surface area contributed by atoms with Gasteiger partial charge in [-0.3, -0.25) is 4.79 Å². The minimum Gasteiger partial charge on any atom is -0.484 e. The molecule has 0 radical (unpaired) electrons. The van der Waals surface area contributed by atoms with Crippen LogP contribution in [0.2, 0.25) is 0 Å². The summed E-state index contributed by atoms with van der Waals surface area (Å²) in [6.07, 6.45) is 4.27. The number of hydrogen-bond acceptors (Lipinski definition) is 5. The molecule has 28 heavy (non-hydrogen) atoms. The Morgan fingerprint density at radius 3 is 2.93 bits per heavy atom. The lowest BCUT2D eigenvalue weighted by atomic mass is 9.73. The van der Waals surface area contributed by atoms with Gasteiger partial charge in [0.05, 0.1) is 11.7 Å². The number of fused-ring (bicyclic) bond motifs is 1. The molecule has 2 aromatic rings. The molecule has 3 fully saturated rings. The maximum atomic E-state index is 12.3. The minimum atomic E-state index is -0.0831. The lowest BCUT2D eigenvalue weighted by Gasteiger charge is -2.29. The monoisotopic (exact) mass is 379 g/mol. The van der Waals surface area contributed by atoms with Crippen LogP contribution < -0.4 is 15.0 Å². The van der Waals surface area contributed by atoms with E-state index in [0.717, 1.165) is 31.7 Å². The first-order chi connectivity index (χ1) is 13.7. The highest BCUT2D eigenvalue weighted by atomic mass is 16.5. The molecule has 6 nitrogen and oxygen atoms in total. The highest BCUT2D eigenvalue weighted by molar-refractivity contribution is 5.77. The highest BCUT2D eigenvalue weighted by Gasteiger charge is 2.63. The van der Waals surface area contributed by atoms with E-state index in [9.17, 15) is 4.79 Å². The van der Waals surface area contributed by atoms with Gasteiger partial charge >= 0.3 is 0 Å². The summed E-state index contributed by atoms with van der Waals surface area (Å²) in [5.41, 5.74) is -0.0713. The summed E-state index contributed by atoms with van der Waals surface area (Å²) < 4.78 is 12.0. The van der Waals surface area contributed by atoms with Crippen LogP contribution in [0.25, 0.3) is 0 Å². The van der Waals surface area contributed by atoms with Gasteiger partial charge in [-0.2, -0.15) is 0 Å². The van der Waals surface area contributed by atoms with Crippen LogP contribution in [-0.2, 0) is 9.53 Å². The number of pyridine rings is 1. The summed E-state index contributed by atoms with van der Waals surface area (Å²) in [5.74, 6) is 2.42. The molecule has 1 amide bonds. The Hall–Kier alpha value is -2.60. The van der Waals surface area contributed by atoms with Crippen LogP contribution in [-0.4, -0.2) is 48.8 Å². The zero-order valence-corrected chi connectivity index (χ0v) is 15.8. The Labute approximate surface area is 164 Å². The SMILES string of the molecule is O=C(COc1ccccc1)NC[C@H]1[C@H]2CN(c3ccccn3)C[C@]23CC[C@H]1O3. The number of ether oxygens (including phenoxy) is 2. The van der Waals surface area contributed by atoms with Crippen molar-refractivity contribution in [2.24, 2.45) is 11.8 Å². The van der Waals surface area contributed by atoms with E-state index in [0.29, 0.717) is 24.1 Å². The van der Waals surface area contributed by atoms with Gasteiger partial charge < -0.3 is 19.7 Å². The first-order valence-corrected chi connectivity index (χ1v) is 10.0. The number of hydrogen-bond donors (Lipinski definition) is 1. The number of para-hydroxylation sites is 1. The van der Waals surface area contributed by atoms with Crippen molar-refractivity contribution in [2.75, 3.05) is 31.1 Å². The normalized spacial score (nSPS) is 30.3. The number of carbonyl (C=O) groups excluding carboxylic acids is 1. The predicted molar refractivity (Wildman–Crippen MR) is 105 cm³/mol. The molecule has 0 unspecified atom stereocenters. The fraction of sp³-hybridized carbons (Fsp3) is 0.455. The van der Waals surface area contributed by atoms with Crippen LogP contribution >= 0.6 is 0 Å². The van der Waals surface area contributed by atoms with Gasteiger partial charge in [0.25, 0.3) is 5.91 Å². The number of rotatable bonds is 6. The van der Waals surface area contributed by atoms with E-state index < -0.39 is 0 Å². The predicted octanol–water partition coefficient (Wildman–Crippen LogP) is 2.26. The van der Waals surface area contributed by atoms with E-state index in [4.69, 9.17) is 9.47 Å². The standard InChI is InChI=1S/C22H25N3O3/c26-21(14-27-16-6-2-1-3-7-16)24-12-17-18-13-25(20-8-4-5-11-23-20)15-22(18)10-9-19(17)28-22/h1-8,11,17-19H,9-10,12-15H2,(H,24,26)/t17-,18+,19+,22+/m0/s1. The zero-order valence-electron chi connectivity index (χ0n) is 15.8. The fourth-order valence-electron chi connectivity index (χ4n) is 5.13. The van der Waals surface area contributed by atoms with Crippen molar-refractivity contribution >= 4 is 11.7 Å². The third kappa shape index (κ3) is 3.11. The first-order valence-electron chi connectivity index (χ1n) is 10.0. The van der Waals surface area contributed by atoms with Crippen LogP contribution in [0.1, 0.15) is 12.8 Å². The molecule has 6 heteroatoms. The molecule has 2 bridgehead atoms. The molecule has 0 saturated carbocycles. The Kier molecular flexibility index (Phi) is 4.43. The van der Waals surface area contributed by atoms with Crippen molar-refractivity contribution in [1.82, 2.24) is 10.3 Å². The van der Waals surface area contributed by atoms with Gasteiger partial charge in [-0.15, -0.1) is 0 Å². The Bertz CT molecular complexity index is 831. The highest BCUT2D eigenvalue weighted by Crippen LogP contribution is 2.55. The van der Waals surface area contributed by atoms with E-state index >= 15 is 0 Å². The summed E-state index contributed by atoms with van der Waals surface area (Å²) in [6, 6.07) is 15.4. The Morgan fingerprint density at radius 2 is 2.11 bits per heavy atom. The number of nitrogens with zero attached hydrogens (tertiary/aromatic N) is 2. The molecule has 1 aromatic carbocycles. The van der Waals surface area contributed by atoms with Gasteiger partial charge in [-0.25, -0.2) is 4.98 Å². The first kappa shape index (κ1) is 17.5. The summed E-state index contributed by atoms with van der Waals surface area (Å²) in [6.45, 7) is 2.52. The summed E-state index contributed by atoms with van der Waals surface area (Å²) in [5, 5.41) is 3.07. The van der Waals surface area contributed by atoms with Crippen molar-refractivity contribution in [2.45, 2.75) is 24.5 Å². The van der Waals surface area contributed by atoms with Gasteiger partial charge in [-0.05, 0) is 37.1 Å². The van der Waals surface area contributed by atoms with Crippen molar-refractivity contribution in [1.29, 1.82) is 0 Å². The van der Waals surface area contributed by atoms with Crippen molar-refractivity contribution in [3.05, 3.63) is 54.7 Å². The molecule has 0 aliphatic carbocycles. The summed E-state index contributed by atoms with van der Waals surface area (Å²) in [7, 11) is 0. The smallest absolute Gasteiger partial charge is 0.257 e. The van der Waals surface area contributed by atoms with E-state index in [-0.39, 0.29) is 24.2 Å². The van der Waals surface area contributed by atoms with Crippen LogP contribution in [0, 0.1) is 11.8 Å². The van der Waals surface area contributed by atoms with Crippen molar-refractivity contribution in [3.8, 4) is 5.75 Å². The lowest BCUT2D eigenvalue weighted by molar-refractivity contribution is -0.123. The van der Waals surface area contributed by atoms with E-state index in [2.05, 4.69) is 21.3 Å². The molecule has 4 heterocycles. The number of anilines is 1. The second-order valence-corrected chi connectivity index (χ2v) is 8.00. The molecule has 1 aromatic heterocycles. The molecule has 146 valence electrons. The van der Waals surface area contributed by atoms with Crippen molar-refractivity contribution in [3.63, 3.8) is 0 Å². The minimum absolute atomic E-state index is 0.0398. The third-order valence-electron chi connectivity index (χ3n) is 6.41. The average Bonchev–Trinajstić information content (AvgIpc) is 3.41. The van der Waals surface area contributed by atoms with Crippen molar-refractivity contribution < 1.29 is 14.3 Å². The van der Waals surface area contributed by atoms with Gasteiger partial charge in [0.15, 0.2) is 6.61 Å². The van der Waals surface area contributed by atoms with Gasteiger partial charge in [0, 0.05) is 37.7 Å². The number of nitrogens with one attached hydrogen (secondary N) is 1. The number of amides is 1. The maximum Gasteiger partial charge on any atom is 0.257 e. The van der Waals surface area contributed by atoms with E-state index in [1.165, 1.54) is 0 Å². The molecule has 1 N–H and O–H groups in total. The molecule has 5 rings (SSSR count). The molecular formula is C22H25N3O3. The van der Waals surface area contributed by atoms with Crippen LogP contribution in [0.3, 0.4) is 0 Å². The fourth-order valence-corrected chi connectivity index (χ4v) is 5.13. The summed E-state index contributed by atoms with van der Waals surface area (Å²) in [4.78, 5) is 19.1. The van der Waals surface area contributed by atoms with E-state index in [1.54, 1.807) is 0 Å². The second kappa shape index (κ2) is 7.09. The van der Waals surface area contributed by atoms with Crippen LogP contribution in [0.5, 0.6) is 5.75 Å². The molecule has 3 aliphatic heterocycles. The molecule has 3 saturated heterocycles. The maximum absolute atomic E-state index is 12.3. The molecule has 1 spiro atoms.